The van der Waals surface area contributed by atoms with E-state index in [1.807, 2.05) is 0 Å². The second-order valence-electron chi connectivity index (χ2n) is 4.65. The van der Waals surface area contributed by atoms with Crippen molar-refractivity contribution in [2.75, 3.05) is 32.3 Å². The van der Waals surface area contributed by atoms with Crippen LogP contribution < -0.4 is 14.4 Å². The number of ether oxygens (including phenoxy) is 3. The minimum atomic E-state index is -1.39. The molecule has 0 bridgehead atoms. The van der Waals surface area contributed by atoms with Gasteiger partial charge in [-0.15, -0.1) is 0 Å². The summed E-state index contributed by atoms with van der Waals surface area (Å²) in [6.45, 7) is 1.55. The predicted octanol–water partition coefficient (Wildman–Crippen LogP) is 0.799. The summed E-state index contributed by atoms with van der Waals surface area (Å²) in [4.78, 5) is 37.3. The van der Waals surface area contributed by atoms with Gasteiger partial charge in [0.05, 0.1) is 33.1 Å². The molecule has 0 aliphatic carbocycles. The highest BCUT2D eigenvalue weighted by Gasteiger charge is 2.45. The summed E-state index contributed by atoms with van der Waals surface area (Å²) in [7, 11) is 2.97. The minimum absolute atomic E-state index is 0.114. The van der Waals surface area contributed by atoms with Crippen molar-refractivity contribution >= 4 is 23.3 Å². The normalized spacial score (nSPS) is 17.6. The van der Waals surface area contributed by atoms with E-state index in [2.05, 4.69) is 0 Å². The molecule has 0 saturated carbocycles. The Balaban J connectivity index is 2.32. The van der Waals surface area contributed by atoms with E-state index in [0.717, 1.165) is 0 Å². The molecule has 1 heterocycles. The number of hydrogen-bond donors (Lipinski definition) is 0. The first-order valence-electron chi connectivity index (χ1n) is 6.75. The average molecular weight is 307 g/mol. The highest BCUT2D eigenvalue weighted by Crippen LogP contribution is 2.31. The largest absolute Gasteiger partial charge is 0.497 e. The van der Waals surface area contributed by atoms with Gasteiger partial charge in [0.1, 0.15) is 11.5 Å². The summed E-state index contributed by atoms with van der Waals surface area (Å²) in [5, 5.41) is 0. The summed E-state index contributed by atoms with van der Waals surface area (Å²) in [6, 6.07) is 4.84. The average Bonchev–Trinajstić information content (AvgIpc) is 2.81. The van der Waals surface area contributed by atoms with Gasteiger partial charge in [0.25, 0.3) is 0 Å². The van der Waals surface area contributed by atoms with Crippen molar-refractivity contribution < 1.29 is 28.6 Å². The van der Waals surface area contributed by atoms with Crippen LogP contribution in [-0.4, -0.2) is 45.0 Å². The highest BCUT2D eigenvalue weighted by molar-refractivity contribution is 6.27. The van der Waals surface area contributed by atoms with Gasteiger partial charge in [-0.25, -0.2) is 0 Å². The molecule has 1 aromatic carbocycles. The van der Waals surface area contributed by atoms with E-state index < -0.39 is 23.6 Å². The lowest BCUT2D eigenvalue weighted by Gasteiger charge is -2.17. The fourth-order valence-electron chi connectivity index (χ4n) is 2.24. The molecule has 1 atom stereocenters. The molecule has 0 N–H and O–H groups in total. The number of anilines is 1. The molecule has 7 heteroatoms. The van der Waals surface area contributed by atoms with Gasteiger partial charge in [-0.05, 0) is 6.92 Å². The number of esters is 1. The topological polar surface area (TPSA) is 82.1 Å². The Kier molecular flexibility index (Phi) is 4.65. The smallest absolute Gasteiger partial charge is 0.326 e. The van der Waals surface area contributed by atoms with E-state index in [1.165, 1.54) is 19.1 Å². The lowest BCUT2D eigenvalue weighted by Crippen LogP contribution is -2.32. The summed E-state index contributed by atoms with van der Waals surface area (Å²) in [5.41, 5.74) is 0.432. The molecule has 0 radical (unpaired) electrons. The fraction of sp³-hybridized carbons (Fsp3) is 0.400. The number of carbonyl (C=O) groups excluding carboxylic acids is 3. The van der Waals surface area contributed by atoms with Crippen molar-refractivity contribution in [3.63, 3.8) is 0 Å². The van der Waals surface area contributed by atoms with Gasteiger partial charge in [0, 0.05) is 18.2 Å². The fourth-order valence-corrected chi connectivity index (χ4v) is 2.24. The first kappa shape index (κ1) is 15.8. The number of methoxy groups -OCH3 is 2. The molecule has 1 aliphatic rings. The van der Waals surface area contributed by atoms with Crippen molar-refractivity contribution in [2.45, 2.75) is 6.92 Å². The molecular weight excluding hydrogens is 290 g/mol. The standard InChI is InChI=1S/C15H17NO6/c1-4-22-15(19)13-12(17)8-16(14(13)18)9-5-10(20-2)7-11(6-9)21-3/h5-7,13H,4,8H2,1-3H3. The van der Waals surface area contributed by atoms with Crippen molar-refractivity contribution in [3.05, 3.63) is 18.2 Å². The number of nitrogens with zero attached hydrogens (tertiary/aromatic N) is 1. The van der Waals surface area contributed by atoms with Crippen LogP contribution in [0, 0.1) is 5.92 Å². The monoisotopic (exact) mass is 307 g/mol. The van der Waals surface area contributed by atoms with Crippen LogP contribution in [0.4, 0.5) is 5.69 Å². The molecule has 22 heavy (non-hydrogen) atoms. The van der Waals surface area contributed by atoms with Crippen LogP contribution >= 0.6 is 0 Å². The van der Waals surface area contributed by atoms with Crippen LogP contribution in [0.25, 0.3) is 0 Å². The van der Waals surface area contributed by atoms with Crippen molar-refractivity contribution in [1.29, 1.82) is 0 Å². The zero-order valence-corrected chi connectivity index (χ0v) is 12.6. The molecule has 118 valence electrons. The van der Waals surface area contributed by atoms with Gasteiger partial charge >= 0.3 is 5.97 Å². The molecular formula is C15H17NO6. The summed E-state index contributed by atoms with van der Waals surface area (Å²) >= 11 is 0. The number of amides is 1. The Labute approximate surface area is 127 Å². The predicted molar refractivity (Wildman–Crippen MR) is 77.0 cm³/mol. The van der Waals surface area contributed by atoms with E-state index in [4.69, 9.17) is 14.2 Å². The zero-order chi connectivity index (χ0) is 16.3. The lowest BCUT2D eigenvalue weighted by atomic mass is 10.1. The molecule has 1 saturated heterocycles. The van der Waals surface area contributed by atoms with Crippen LogP contribution in [0.5, 0.6) is 11.5 Å². The minimum Gasteiger partial charge on any atom is -0.497 e. The molecule has 1 aromatic rings. The molecule has 0 aromatic heterocycles. The van der Waals surface area contributed by atoms with E-state index in [9.17, 15) is 14.4 Å². The van der Waals surface area contributed by atoms with E-state index >= 15 is 0 Å². The first-order valence-corrected chi connectivity index (χ1v) is 6.75. The molecule has 1 aliphatic heterocycles. The second kappa shape index (κ2) is 6.46. The van der Waals surface area contributed by atoms with E-state index in [-0.39, 0.29) is 13.2 Å². The first-order chi connectivity index (χ1) is 10.5. The Morgan fingerprint density at radius 3 is 2.27 bits per heavy atom. The van der Waals surface area contributed by atoms with Gasteiger partial charge in [-0.1, -0.05) is 0 Å². The van der Waals surface area contributed by atoms with Crippen LogP contribution in [0.1, 0.15) is 6.92 Å². The Morgan fingerprint density at radius 1 is 1.18 bits per heavy atom. The SMILES string of the molecule is CCOC(=O)C1C(=O)CN(c2cc(OC)cc(OC)c2)C1=O. The van der Waals surface area contributed by atoms with E-state index in [1.54, 1.807) is 25.1 Å². The molecule has 1 fully saturated rings. The molecule has 1 unspecified atom stereocenters. The van der Waals surface area contributed by atoms with Gasteiger partial charge in [-0.2, -0.15) is 0 Å². The van der Waals surface area contributed by atoms with Crippen molar-refractivity contribution in [2.24, 2.45) is 5.92 Å². The third-order valence-electron chi connectivity index (χ3n) is 3.32. The van der Waals surface area contributed by atoms with Crippen LogP contribution in [0.2, 0.25) is 0 Å². The molecule has 1 amide bonds. The highest BCUT2D eigenvalue weighted by atomic mass is 16.5. The molecule has 2 rings (SSSR count). The third kappa shape index (κ3) is 2.88. The number of Topliss-reactive ketones (excluding diaryl/α,β-unsaturated/α-hetero) is 1. The maximum Gasteiger partial charge on any atom is 0.326 e. The summed E-state index contributed by atoms with van der Waals surface area (Å²) in [5.74, 6) is -2.32. The maximum absolute atomic E-state index is 12.4. The Morgan fingerprint density at radius 2 is 1.77 bits per heavy atom. The maximum atomic E-state index is 12.4. The number of ketones is 1. The van der Waals surface area contributed by atoms with Gasteiger partial charge in [0.2, 0.25) is 5.91 Å². The molecule has 7 nitrogen and oxygen atoms in total. The third-order valence-corrected chi connectivity index (χ3v) is 3.32. The lowest BCUT2D eigenvalue weighted by molar-refractivity contribution is -0.152. The summed E-state index contributed by atoms with van der Waals surface area (Å²) in [6.07, 6.45) is 0. The van der Waals surface area contributed by atoms with Crippen LogP contribution in [-0.2, 0) is 19.1 Å². The Bertz CT molecular complexity index is 590. The number of hydrogen-bond acceptors (Lipinski definition) is 6. The second-order valence-corrected chi connectivity index (χ2v) is 4.65. The van der Waals surface area contributed by atoms with Gasteiger partial charge < -0.3 is 19.1 Å². The van der Waals surface area contributed by atoms with E-state index in [0.29, 0.717) is 17.2 Å². The number of carbonyl (C=O) groups is 3. The summed E-state index contributed by atoms with van der Waals surface area (Å²) < 4.78 is 15.1. The number of rotatable bonds is 5. The van der Waals surface area contributed by atoms with Crippen molar-refractivity contribution in [3.8, 4) is 11.5 Å². The van der Waals surface area contributed by atoms with Crippen molar-refractivity contribution in [1.82, 2.24) is 0 Å². The number of benzene rings is 1. The van der Waals surface area contributed by atoms with Gasteiger partial charge in [0.15, 0.2) is 11.7 Å². The Hall–Kier alpha value is -2.57. The zero-order valence-electron chi connectivity index (χ0n) is 12.6. The van der Waals surface area contributed by atoms with Gasteiger partial charge in [-0.3, -0.25) is 14.4 Å². The molecule has 0 spiro atoms. The van der Waals surface area contributed by atoms with Crippen LogP contribution in [0.3, 0.4) is 0 Å². The van der Waals surface area contributed by atoms with Crippen LogP contribution in [0.15, 0.2) is 18.2 Å². The quantitative estimate of drug-likeness (QED) is 0.591.